The van der Waals surface area contributed by atoms with Crippen molar-refractivity contribution in [3.63, 3.8) is 0 Å². The highest BCUT2D eigenvalue weighted by Gasteiger charge is 2.12. The van der Waals surface area contributed by atoms with Crippen LogP contribution in [0.2, 0.25) is 0 Å². The smallest absolute Gasteiger partial charge is 0.269 e. The Morgan fingerprint density at radius 1 is 1.12 bits per heavy atom. The maximum absolute atomic E-state index is 12.4. The van der Waals surface area contributed by atoms with E-state index in [1.165, 1.54) is 12.3 Å². The fourth-order valence-electron chi connectivity index (χ4n) is 2.11. The quantitative estimate of drug-likeness (QED) is 0.717. The van der Waals surface area contributed by atoms with E-state index in [0.29, 0.717) is 36.6 Å². The molecule has 2 N–H and O–H groups in total. The number of methoxy groups -OCH3 is 2. The second-order valence-electron chi connectivity index (χ2n) is 5.22. The minimum atomic E-state index is -0.330. The van der Waals surface area contributed by atoms with Crippen molar-refractivity contribution in [3.8, 4) is 5.75 Å². The standard InChI is InChI=1S/C18H21N3O4/c1-24-10-4-8-20-18(23)16-11-13(7-9-19-16)17(22)21-14-5-3-6-15(12-14)25-2/h3,5-7,9,11-12H,4,8,10H2,1-2H3,(H,20,23)(H,21,22). The molecule has 2 rings (SSSR count). The number of benzene rings is 1. The molecule has 0 aliphatic carbocycles. The molecule has 0 fully saturated rings. The number of nitrogens with one attached hydrogen (secondary N) is 2. The molecule has 0 aliphatic rings. The van der Waals surface area contributed by atoms with Gasteiger partial charge in [-0.25, -0.2) is 0 Å². The lowest BCUT2D eigenvalue weighted by atomic mass is 10.2. The van der Waals surface area contributed by atoms with Crippen molar-refractivity contribution < 1.29 is 19.1 Å². The van der Waals surface area contributed by atoms with Crippen LogP contribution in [0.1, 0.15) is 27.3 Å². The van der Waals surface area contributed by atoms with Crippen molar-refractivity contribution >= 4 is 17.5 Å². The Bertz CT molecular complexity index is 734. The summed E-state index contributed by atoms with van der Waals surface area (Å²) < 4.78 is 10.0. The second kappa shape index (κ2) is 9.39. The third-order valence-corrected chi connectivity index (χ3v) is 3.39. The Morgan fingerprint density at radius 3 is 2.72 bits per heavy atom. The van der Waals surface area contributed by atoms with Crippen molar-refractivity contribution in [2.45, 2.75) is 6.42 Å². The minimum Gasteiger partial charge on any atom is -0.497 e. The molecule has 0 atom stereocenters. The highest BCUT2D eigenvalue weighted by atomic mass is 16.5. The van der Waals surface area contributed by atoms with Gasteiger partial charge in [-0.3, -0.25) is 14.6 Å². The van der Waals surface area contributed by atoms with Gasteiger partial charge in [0.15, 0.2) is 0 Å². The van der Waals surface area contributed by atoms with Crippen LogP contribution in [0.15, 0.2) is 42.6 Å². The molecule has 1 aromatic heterocycles. The van der Waals surface area contributed by atoms with Gasteiger partial charge >= 0.3 is 0 Å². The maximum Gasteiger partial charge on any atom is 0.269 e. The Labute approximate surface area is 146 Å². The summed E-state index contributed by atoms with van der Waals surface area (Å²) in [6.45, 7) is 1.05. The van der Waals surface area contributed by atoms with Gasteiger partial charge in [0.1, 0.15) is 11.4 Å². The highest BCUT2D eigenvalue weighted by Crippen LogP contribution is 2.17. The fourth-order valence-corrected chi connectivity index (χ4v) is 2.11. The zero-order valence-corrected chi connectivity index (χ0v) is 14.2. The fraction of sp³-hybridized carbons (Fsp3) is 0.278. The first-order valence-electron chi connectivity index (χ1n) is 7.82. The third-order valence-electron chi connectivity index (χ3n) is 3.39. The summed E-state index contributed by atoms with van der Waals surface area (Å²) in [4.78, 5) is 28.4. The van der Waals surface area contributed by atoms with Crippen LogP contribution in [0, 0.1) is 0 Å². The van der Waals surface area contributed by atoms with E-state index in [9.17, 15) is 9.59 Å². The Balaban J connectivity index is 2.01. The van der Waals surface area contributed by atoms with Crippen LogP contribution >= 0.6 is 0 Å². The van der Waals surface area contributed by atoms with Crippen molar-refractivity contribution in [1.82, 2.24) is 10.3 Å². The Kier molecular flexibility index (Phi) is 6.91. The summed E-state index contributed by atoms with van der Waals surface area (Å²) in [6, 6.07) is 10.0. The second-order valence-corrected chi connectivity index (χ2v) is 5.22. The summed E-state index contributed by atoms with van der Waals surface area (Å²) >= 11 is 0. The van der Waals surface area contributed by atoms with Crippen molar-refractivity contribution in [3.05, 3.63) is 53.9 Å². The number of carbonyl (C=O) groups excluding carboxylic acids is 2. The molecule has 2 aromatic rings. The summed E-state index contributed by atoms with van der Waals surface area (Å²) in [7, 11) is 3.16. The molecule has 132 valence electrons. The topological polar surface area (TPSA) is 89.5 Å². The number of hydrogen-bond acceptors (Lipinski definition) is 5. The van der Waals surface area contributed by atoms with Gasteiger partial charge in [0.2, 0.25) is 0 Å². The molecule has 2 amide bonds. The summed E-state index contributed by atoms with van der Waals surface area (Å²) in [5.41, 5.74) is 1.14. The molecule has 7 nitrogen and oxygen atoms in total. The number of carbonyl (C=O) groups is 2. The van der Waals surface area contributed by atoms with Gasteiger partial charge in [0.25, 0.3) is 11.8 Å². The lowest BCUT2D eigenvalue weighted by Crippen LogP contribution is -2.26. The number of ether oxygens (including phenoxy) is 2. The van der Waals surface area contributed by atoms with Crippen LogP contribution < -0.4 is 15.4 Å². The molecule has 0 bridgehead atoms. The third kappa shape index (κ3) is 5.58. The zero-order chi connectivity index (χ0) is 18.1. The number of hydrogen-bond donors (Lipinski definition) is 2. The van der Waals surface area contributed by atoms with E-state index in [2.05, 4.69) is 15.6 Å². The summed E-state index contributed by atoms with van der Waals surface area (Å²) in [6.07, 6.45) is 2.14. The normalized spacial score (nSPS) is 10.2. The zero-order valence-electron chi connectivity index (χ0n) is 14.2. The molecule has 0 saturated heterocycles. The molecule has 0 radical (unpaired) electrons. The van der Waals surface area contributed by atoms with Crippen LogP contribution in [0.5, 0.6) is 5.75 Å². The van der Waals surface area contributed by atoms with Gasteiger partial charge < -0.3 is 20.1 Å². The van der Waals surface area contributed by atoms with E-state index in [4.69, 9.17) is 9.47 Å². The number of pyridine rings is 1. The maximum atomic E-state index is 12.4. The van der Waals surface area contributed by atoms with Gasteiger partial charge in [-0.15, -0.1) is 0 Å². The summed E-state index contributed by atoms with van der Waals surface area (Å²) in [5, 5.41) is 5.50. The molecule has 0 spiro atoms. The van der Waals surface area contributed by atoms with Gasteiger partial charge in [0, 0.05) is 43.8 Å². The molecule has 0 saturated carbocycles. The lowest BCUT2D eigenvalue weighted by Gasteiger charge is -2.08. The first kappa shape index (κ1) is 18.4. The number of anilines is 1. The lowest BCUT2D eigenvalue weighted by molar-refractivity contribution is 0.0943. The van der Waals surface area contributed by atoms with Crippen molar-refractivity contribution in [2.24, 2.45) is 0 Å². The highest BCUT2D eigenvalue weighted by molar-refractivity contribution is 6.05. The van der Waals surface area contributed by atoms with E-state index >= 15 is 0 Å². The molecule has 1 aromatic carbocycles. The van der Waals surface area contributed by atoms with E-state index in [1.807, 2.05) is 0 Å². The number of aromatic nitrogens is 1. The van der Waals surface area contributed by atoms with E-state index in [0.717, 1.165) is 0 Å². The first-order valence-corrected chi connectivity index (χ1v) is 7.82. The number of nitrogens with zero attached hydrogens (tertiary/aromatic N) is 1. The SMILES string of the molecule is COCCCNC(=O)c1cc(C(=O)Nc2cccc(OC)c2)ccn1. The molecular formula is C18H21N3O4. The number of rotatable bonds is 8. The molecule has 1 heterocycles. The van der Waals surface area contributed by atoms with E-state index < -0.39 is 0 Å². The van der Waals surface area contributed by atoms with Gasteiger partial charge in [-0.1, -0.05) is 6.07 Å². The van der Waals surface area contributed by atoms with Crippen LogP contribution in [0.3, 0.4) is 0 Å². The average Bonchev–Trinajstić information content (AvgIpc) is 2.65. The Morgan fingerprint density at radius 2 is 1.96 bits per heavy atom. The predicted molar refractivity (Wildman–Crippen MR) is 94.0 cm³/mol. The molecule has 0 unspecified atom stereocenters. The van der Waals surface area contributed by atoms with Crippen molar-refractivity contribution in [1.29, 1.82) is 0 Å². The van der Waals surface area contributed by atoms with Gasteiger partial charge in [-0.05, 0) is 30.7 Å². The van der Waals surface area contributed by atoms with Crippen LogP contribution in [0.25, 0.3) is 0 Å². The first-order chi connectivity index (χ1) is 12.1. The molecule has 0 aliphatic heterocycles. The largest absolute Gasteiger partial charge is 0.497 e. The predicted octanol–water partition coefficient (Wildman–Crippen LogP) is 2.11. The van der Waals surface area contributed by atoms with Crippen molar-refractivity contribution in [2.75, 3.05) is 32.7 Å². The van der Waals surface area contributed by atoms with Gasteiger partial charge in [0.05, 0.1) is 7.11 Å². The molecule has 25 heavy (non-hydrogen) atoms. The molecular weight excluding hydrogens is 322 g/mol. The van der Waals surface area contributed by atoms with E-state index in [-0.39, 0.29) is 17.5 Å². The van der Waals surface area contributed by atoms with E-state index in [1.54, 1.807) is 44.6 Å². The van der Waals surface area contributed by atoms with Crippen LogP contribution in [-0.4, -0.2) is 44.2 Å². The van der Waals surface area contributed by atoms with Gasteiger partial charge in [-0.2, -0.15) is 0 Å². The Hall–Kier alpha value is -2.93. The summed E-state index contributed by atoms with van der Waals surface area (Å²) in [5.74, 6) is -0.0140. The van der Waals surface area contributed by atoms with Crippen LogP contribution in [-0.2, 0) is 4.74 Å². The monoisotopic (exact) mass is 343 g/mol. The molecule has 7 heteroatoms. The number of amides is 2. The van der Waals surface area contributed by atoms with Crippen LogP contribution in [0.4, 0.5) is 5.69 Å². The minimum absolute atomic E-state index is 0.190. The average molecular weight is 343 g/mol.